The summed E-state index contributed by atoms with van der Waals surface area (Å²) in [5.41, 5.74) is 2.91. The van der Waals surface area contributed by atoms with Crippen molar-refractivity contribution in [2.24, 2.45) is 0 Å². The number of hydrogen-bond acceptors (Lipinski definition) is 4. The van der Waals surface area contributed by atoms with Crippen molar-refractivity contribution < 1.29 is 13.9 Å². The predicted molar refractivity (Wildman–Crippen MR) is 160 cm³/mol. The van der Waals surface area contributed by atoms with Gasteiger partial charge >= 0.3 is 0 Å². The van der Waals surface area contributed by atoms with E-state index in [4.69, 9.17) is 9.47 Å². The molecule has 0 aliphatic carbocycles. The van der Waals surface area contributed by atoms with Crippen LogP contribution >= 0.6 is 0 Å². The van der Waals surface area contributed by atoms with Crippen molar-refractivity contribution in [3.8, 4) is 34.0 Å². The van der Waals surface area contributed by atoms with Gasteiger partial charge in [0.25, 0.3) is 0 Å². The van der Waals surface area contributed by atoms with Crippen LogP contribution in [-0.2, 0) is 0 Å². The van der Waals surface area contributed by atoms with Crippen molar-refractivity contribution in [1.29, 1.82) is 0 Å². The van der Waals surface area contributed by atoms with Crippen LogP contribution in [0.3, 0.4) is 0 Å². The number of alkyl halides is 1. The van der Waals surface area contributed by atoms with Gasteiger partial charge in [0.05, 0.1) is 6.61 Å². The molecule has 0 aliphatic heterocycles. The van der Waals surface area contributed by atoms with E-state index in [0.717, 1.165) is 48.3 Å². The summed E-state index contributed by atoms with van der Waals surface area (Å²) in [6, 6.07) is 15.6. The topological polar surface area (TPSA) is 44.2 Å². The largest absolute Gasteiger partial charge is 0.494 e. The standard InChI is InChI=1S/C34H47FN2O2/c1-3-5-7-9-10-11-13-15-31(35)27-39-33-22-18-29(19-23-33)34-36-25-30(26-37-34)28-16-20-32(21-17-28)38-24-14-12-8-6-4-2/h16-23,25-26,31H,3-15,24,27H2,1-2H3. The quantitative estimate of drug-likeness (QED) is 0.135. The van der Waals surface area contributed by atoms with Crippen LogP contribution < -0.4 is 9.47 Å². The summed E-state index contributed by atoms with van der Waals surface area (Å²) < 4.78 is 25.8. The zero-order chi connectivity index (χ0) is 27.5. The minimum Gasteiger partial charge on any atom is -0.494 e. The van der Waals surface area contributed by atoms with Gasteiger partial charge in [0.15, 0.2) is 5.82 Å². The third-order valence-electron chi connectivity index (χ3n) is 7.02. The number of aromatic nitrogens is 2. The van der Waals surface area contributed by atoms with E-state index in [1.54, 1.807) is 0 Å². The molecule has 0 bridgehead atoms. The Balaban J connectivity index is 1.39. The van der Waals surface area contributed by atoms with Crippen molar-refractivity contribution in [1.82, 2.24) is 9.97 Å². The van der Waals surface area contributed by atoms with Gasteiger partial charge in [-0.2, -0.15) is 0 Å². The van der Waals surface area contributed by atoms with E-state index in [1.165, 1.54) is 57.8 Å². The average Bonchev–Trinajstić information content (AvgIpc) is 2.98. The average molecular weight is 535 g/mol. The van der Waals surface area contributed by atoms with Crippen molar-refractivity contribution in [3.63, 3.8) is 0 Å². The Morgan fingerprint density at radius 2 is 1.10 bits per heavy atom. The highest BCUT2D eigenvalue weighted by atomic mass is 19.1. The molecular weight excluding hydrogens is 487 g/mol. The van der Waals surface area contributed by atoms with E-state index >= 15 is 0 Å². The summed E-state index contributed by atoms with van der Waals surface area (Å²) in [7, 11) is 0. The zero-order valence-electron chi connectivity index (χ0n) is 24.0. The fourth-order valence-electron chi connectivity index (χ4n) is 4.56. The summed E-state index contributed by atoms with van der Waals surface area (Å²) in [6.45, 7) is 5.31. The van der Waals surface area contributed by atoms with Crippen LogP contribution in [0.2, 0.25) is 0 Å². The molecule has 1 heterocycles. The van der Waals surface area contributed by atoms with Gasteiger partial charge in [-0.1, -0.05) is 96.6 Å². The van der Waals surface area contributed by atoms with E-state index < -0.39 is 6.17 Å². The van der Waals surface area contributed by atoms with E-state index in [9.17, 15) is 4.39 Å². The second-order valence-electron chi connectivity index (χ2n) is 10.4. The second-order valence-corrected chi connectivity index (χ2v) is 10.4. The highest BCUT2D eigenvalue weighted by Gasteiger charge is 2.09. The van der Waals surface area contributed by atoms with E-state index in [1.807, 2.05) is 60.9 Å². The summed E-state index contributed by atoms with van der Waals surface area (Å²) in [4.78, 5) is 9.12. The molecule has 0 amide bonds. The molecule has 0 radical (unpaired) electrons. The first kappa shape index (κ1) is 30.6. The van der Waals surface area contributed by atoms with Gasteiger partial charge in [0.2, 0.25) is 0 Å². The molecule has 3 aromatic rings. The number of nitrogens with zero attached hydrogens (tertiary/aromatic N) is 2. The molecular formula is C34H47FN2O2. The molecule has 0 spiro atoms. The van der Waals surface area contributed by atoms with Gasteiger partial charge in [-0.05, 0) is 54.8 Å². The smallest absolute Gasteiger partial charge is 0.159 e. The van der Waals surface area contributed by atoms with Gasteiger partial charge in [0, 0.05) is 23.5 Å². The molecule has 0 saturated carbocycles. The first-order valence-corrected chi connectivity index (χ1v) is 15.1. The maximum Gasteiger partial charge on any atom is 0.159 e. The molecule has 212 valence electrons. The molecule has 2 aromatic carbocycles. The lowest BCUT2D eigenvalue weighted by Gasteiger charge is -2.11. The fourth-order valence-corrected chi connectivity index (χ4v) is 4.56. The molecule has 1 aromatic heterocycles. The fraction of sp³-hybridized carbons (Fsp3) is 0.529. The van der Waals surface area contributed by atoms with Crippen molar-refractivity contribution in [2.45, 2.75) is 103 Å². The van der Waals surface area contributed by atoms with Crippen LogP contribution in [0.5, 0.6) is 11.5 Å². The number of rotatable bonds is 20. The minimum absolute atomic E-state index is 0.100. The SMILES string of the molecule is CCCCCCCCCC(F)COc1ccc(-c2ncc(-c3ccc(OCCCCCCC)cc3)cn2)cc1. The highest BCUT2D eigenvalue weighted by molar-refractivity contribution is 5.64. The Morgan fingerprint density at radius 1 is 0.590 bits per heavy atom. The Morgan fingerprint density at radius 3 is 1.72 bits per heavy atom. The molecule has 1 atom stereocenters. The number of ether oxygens (including phenoxy) is 2. The zero-order valence-corrected chi connectivity index (χ0v) is 24.0. The minimum atomic E-state index is -0.924. The number of hydrogen-bond donors (Lipinski definition) is 0. The molecule has 0 aliphatic rings. The number of benzene rings is 2. The Labute approximate surface area is 235 Å². The van der Waals surface area contributed by atoms with Gasteiger partial charge in [-0.3, -0.25) is 0 Å². The molecule has 0 fully saturated rings. The van der Waals surface area contributed by atoms with Gasteiger partial charge in [-0.25, -0.2) is 14.4 Å². The molecule has 0 N–H and O–H groups in total. The first-order chi connectivity index (χ1) is 19.2. The monoisotopic (exact) mass is 534 g/mol. The third-order valence-corrected chi connectivity index (χ3v) is 7.02. The molecule has 39 heavy (non-hydrogen) atoms. The number of unbranched alkanes of at least 4 members (excludes halogenated alkanes) is 10. The van der Waals surface area contributed by atoms with Gasteiger partial charge in [-0.15, -0.1) is 0 Å². The maximum atomic E-state index is 14.2. The Bertz CT molecular complexity index is 1020. The van der Waals surface area contributed by atoms with Crippen LogP contribution in [0.1, 0.15) is 97.3 Å². The van der Waals surface area contributed by atoms with Crippen LogP contribution in [0.15, 0.2) is 60.9 Å². The maximum absolute atomic E-state index is 14.2. The van der Waals surface area contributed by atoms with Crippen molar-refractivity contribution >= 4 is 0 Å². The van der Waals surface area contributed by atoms with Crippen LogP contribution in [0, 0.1) is 0 Å². The van der Waals surface area contributed by atoms with Crippen LogP contribution in [0.25, 0.3) is 22.5 Å². The summed E-state index contributed by atoms with van der Waals surface area (Å²) in [5, 5.41) is 0. The molecule has 3 rings (SSSR count). The lowest BCUT2D eigenvalue weighted by atomic mass is 10.1. The summed E-state index contributed by atoms with van der Waals surface area (Å²) in [6.07, 6.45) is 17.9. The Hall–Kier alpha value is -2.95. The summed E-state index contributed by atoms with van der Waals surface area (Å²) >= 11 is 0. The normalized spacial score (nSPS) is 11.9. The second kappa shape index (κ2) is 18.4. The van der Waals surface area contributed by atoms with Crippen molar-refractivity contribution in [3.05, 3.63) is 60.9 Å². The van der Waals surface area contributed by atoms with Gasteiger partial charge in [0.1, 0.15) is 24.3 Å². The van der Waals surface area contributed by atoms with Gasteiger partial charge < -0.3 is 9.47 Å². The molecule has 4 nitrogen and oxygen atoms in total. The summed E-state index contributed by atoms with van der Waals surface area (Å²) in [5.74, 6) is 2.21. The Kier molecular flexibility index (Phi) is 14.4. The molecule has 5 heteroatoms. The lowest BCUT2D eigenvalue weighted by molar-refractivity contribution is 0.184. The highest BCUT2D eigenvalue weighted by Crippen LogP contribution is 2.24. The van der Waals surface area contributed by atoms with Crippen molar-refractivity contribution in [2.75, 3.05) is 13.2 Å². The predicted octanol–water partition coefficient (Wildman–Crippen LogP) is 10.0. The lowest BCUT2D eigenvalue weighted by Crippen LogP contribution is -2.12. The third kappa shape index (κ3) is 11.8. The first-order valence-electron chi connectivity index (χ1n) is 15.1. The number of halogens is 1. The molecule has 1 unspecified atom stereocenters. The van der Waals surface area contributed by atoms with Crippen LogP contribution in [-0.4, -0.2) is 29.4 Å². The van der Waals surface area contributed by atoms with E-state index in [2.05, 4.69) is 23.8 Å². The van der Waals surface area contributed by atoms with E-state index in [0.29, 0.717) is 18.0 Å². The molecule has 0 saturated heterocycles. The van der Waals surface area contributed by atoms with Crippen LogP contribution in [0.4, 0.5) is 4.39 Å². The van der Waals surface area contributed by atoms with E-state index in [-0.39, 0.29) is 6.61 Å².